The summed E-state index contributed by atoms with van der Waals surface area (Å²) in [6.45, 7) is -5.74. The zero-order valence-corrected chi connectivity index (χ0v) is 10.2. The lowest BCUT2D eigenvalue weighted by Crippen LogP contribution is -2.27. The van der Waals surface area contributed by atoms with Crippen molar-refractivity contribution in [2.45, 2.75) is 32.7 Å². The summed E-state index contributed by atoms with van der Waals surface area (Å²) < 4.78 is 51.0. The van der Waals surface area contributed by atoms with Gasteiger partial charge in [0.1, 0.15) is 0 Å². The lowest BCUT2D eigenvalue weighted by molar-refractivity contribution is -0.134. The fraction of sp³-hybridized carbons (Fsp3) is 0.462. The first-order valence-corrected chi connectivity index (χ1v) is 5.17. The van der Waals surface area contributed by atoms with Crippen LogP contribution in [0.2, 0.25) is 0 Å². The molecule has 0 heterocycles. The Morgan fingerprint density at radius 3 is 2.47 bits per heavy atom. The lowest BCUT2D eigenvalue weighted by atomic mass is 10.1. The van der Waals surface area contributed by atoms with E-state index in [2.05, 4.69) is 5.32 Å². The van der Waals surface area contributed by atoms with Crippen molar-refractivity contribution in [1.82, 2.24) is 5.32 Å². The zero-order chi connectivity index (χ0) is 20.9. The van der Waals surface area contributed by atoms with Crippen molar-refractivity contribution < 1.29 is 34.8 Å². The number of aliphatic hydroxyl groups excluding tert-OH is 1. The molecular weight excluding hydrogens is 250 g/mol. The van der Waals surface area contributed by atoms with Gasteiger partial charge >= 0.3 is 0 Å². The normalized spacial score (nSPS) is 18.9. The standard InChI is InChI=1S/C11H17NO3.C2H4O2/c1-7(2)12-6-11(15)8-3-4-9(13)10(14)5-8;1-2(3)4/h3-5,7,11-15H,6H2,1-2H3;1H3,(H,3,4)/i1D3,2D3,7D;. The highest BCUT2D eigenvalue weighted by atomic mass is 16.4. The maximum atomic E-state index is 9.92. The van der Waals surface area contributed by atoms with Crippen molar-refractivity contribution in [2.24, 2.45) is 0 Å². The van der Waals surface area contributed by atoms with Crippen molar-refractivity contribution in [1.29, 1.82) is 0 Å². The van der Waals surface area contributed by atoms with Crippen molar-refractivity contribution in [3.05, 3.63) is 23.8 Å². The van der Waals surface area contributed by atoms with E-state index in [1.54, 1.807) is 0 Å². The van der Waals surface area contributed by atoms with E-state index in [0.717, 1.165) is 19.1 Å². The number of hydrogen-bond acceptors (Lipinski definition) is 5. The zero-order valence-electron chi connectivity index (χ0n) is 17.2. The fourth-order valence-corrected chi connectivity index (χ4v) is 1.06. The SMILES string of the molecule is CC(=O)O.[2H]C([2H])([2H])C([2H])(NCC(O)c1ccc(O)c(O)c1)C([2H])([2H])[2H]. The molecule has 6 heteroatoms. The Balaban J connectivity index is 0.00000141. The Morgan fingerprint density at radius 2 is 2.00 bits per heavy atom. The molecular formula is C13H21NO5. The van der Waals surface area contributed by atoms with Crippen molar-refractivity contribution in [2.75, 3.05) is 6.54 Å². The van der Waals surface area contributed by atoms with Crippen LogP contribution in [0.25, 0.3) is 0 Å². The van der Waals surface area contributed by atoms with Crippen LogP contribution in [0.5, 0.6) is 11.5 Å². The van der Waals surface area contributed by atoms with Crippen LogP contribution in [0.15, 0.2) is 18.2 Å². The van der Waals surface area contributed by atoms with Crippen molar-refractivity contribution in [3.63, 3.8) is 0 Å². The Hall–Kier alpha value is -1.79. The molecule has 0 spiro atoms. The number of benzene rings is 1. The quantitative estimate of drug-likeness (QED) is 0.530. The Labute approximate surface area is 122 Å². The van der Waals surface area contributed by atoms with Crippen LogP contribution >= 0.6 is 0 Å². The molecule has 0 bridgehead atoms. The van der Waals surface area contributed by atoms with Crippen LogP contribution in [0, 0.1) is 0 Å². The van der Waals surface area contributed by atoms with Crippen molar-refractivity contribution >= 4 is 5.97 Å². The molecule has 0 fully saturated rings. The van der Waals surface area contributed by atoms with Gasteiger partial charge in [0.25, 0.3) is 5.97 Å². The number of carboxylic acid groups (broad SMARTS) is 1. The summed E-state index contributed by atoms with van der Waals surface area (Å²) in [6.07, 6.45) is -1.37. The molecule has 0 radical (unpaired) electrons. The molecule has 0 aliphatic heterocycles. The number of aliphatic hydroxyl groups is 1. The minimum atomic E-state index is -3.14. The summed E-state index contributed by atoms with van der Waals surface area (Å²) in [5.41, 5.74) is 0.126. The van der Waals surface area contributed by atoms with Gasteiger partial charge in [-0.15, -0.1) is 0 Å². The highest BCUT2D eigenvalue weighted by molar-refractivity contribution is 5.62. The molecule has 0 aliphatic rings. The number of carboxylic acids is 1. The van der Waals surface area contributed by atoms with Gasteiger partial charge in [-0.3, -0.25) is 4.79 Å². The van der Waals surface area contributed by atoms with Gasteiger partial charge in [-0.1, -0.05) is 19.8 Å². The second-order valence-electron chi connectivity index (χ2n) is 3.54. The average Bonchev–Trinajstić information content (AvgIpc) is 2.44. The van der Waals surface area contributed by atoms with Crippen LogP contribution in [0.4, 0.5) is 0 Å². The Morgan fingerprint density at radius 1 is 1.42 bits per heavy atom. The summed E-state index contributed by atoms with van der Waals surface area (Å²) in [5.74, 6) is -1.72. The number of aromatic hydroxyl groups is 2. The maximum Gasteiger partial charge on any atom is 0.300 e. The molecule has 0 saturated heterocycles. The first-order chi connectivity index (χ1) is 11.5. The highest BCUT2D eigenvalue weighted by Gasteiger charge is 2.10. The van der Waals surface area contributed by atoms with Gasteiger partial charge in [-0.25, -0.2) is 0 Å². The predicted molar refractivity (Wildman–Crippen MR) is 71.2 cm³/mol. The third kappa shape index (κ3) is 8.01. The molecule has 0 amide bonds. The van der Waals surface area contributed by atoms with E-state index in [1.807, 2.05) is 0 Å². The molecule has 1 atom stereocenters. The van der Waals surface area contributed by atoms with E-state index in [-0.39, 0.29) is 5.56 Å². The van der Waals surface area contributed by atoms with E-state index in [4.69, 9.17) is 19.5 Å². The summed E-state index contributed by atoms with van der Waals surface area (Å²) in [6, 6.07) is 0.505. The minimum absolute atomic E-state index is 0.126. The number of carbonyl (C=O) groups is 1. The van der Waals surface area contributed by atoms with Crippen LogP contribution in [0.1, 0.15) is 41.9 Å². The van der Waals surface area contributed by atoms with Gasteiger partial charge in [0.15, 0.2) is 11.5 Å². The highest BCUT2D eigenvalue weighted by Crippen LogP contribution is 2.27. The first kappa shape index (κ1) is 8.39. The Kier molecular flexibility index (Phi) is 3.68. The molecule has 1 unspecified atom stereocenters. The maximum absolute atomic E-state index is 9.92. The van der Waals surface area contributed by atoms with E-state index < -0.39 is 49.8 Å². The summed E-state index contributed by atoms with van der Waals surface area (Å²) >= 11 is 0. The smallest absolute Gasteiger partial charge is 0.300 e. The van der Waals surface area contributed by atoms with E-state index in [1.165, 1.54) is 6.07 Å². The molecule has 5 N–H and O–H groups in total. The number of hydrogen-bond donors (Lipinski definition) is 5. The van der Waals surface area contributed by atoms with E-state index in [9.17, 15) is 15.3 Å². The van der Waals surface area contributed by atoms with Gasteiger partial charge in [0.05, 0.1) is 6.10 Å². The number of nitrogens with one attached hydrogen (secondary N) is 1. The second-order valence-corrected chi connectivity index (χ2v) is 3.54. The third-order valence-electron chi connectivity index (χ3n) is 1.86. The second kappa shape index (κ2) is 8.34. The van der Waals surface area contributed by atoms with Crippen LogP contribution in [0.3, 0.4) is 0 Å². The number of phenols is 2. The van der Waals surface area contributed by atoms with Gasteiger partial charge in [0.2, 0.25) is 0 Å². The lowest BCUT2D eigenvalue weighted by Gasteiger charge is -2.14. The molecule has 0 aliphatic carbocycles. The third-order valence-corrected chi connectivity index (χ3v) is 1.86. The van der Waals surface area contributed by atoms with Gasteiger partial charge in [0, 0.05) is 29.1 Å². The minimum Gasteiger partial charge on any atom is -0.504 e. The molecule has 1 aromatic rings. The van der Waals surface area contributed by atoms with Crippen LogP contribution in [-0.2, 0) is 4.79 Å². The molecule has 19 heavy (non-hydrogen) atoms. The number of rotatable bonds is 4. The number of aliphatic carboxylic acids is 1. The summed E-state index contributed by atoms with van der Waals surface area (Å²) in [4.78, 5) is 9.00. The fourth-order valence-electron chi connectivity index (χ4n) is 1.06. The van der Waals surface area contributed by atoms with Gasteiger partial charge < -0.3 is 25.7 Å². The first-order valence-electron chi connectivity index (χ1n) is 8.67. The largest absolute Gasteiger partial charge is 0.504 e. The molecule has 1 aromatic carbocycles. The molecule has 108 valence electrons. The molecule has 0 saturated carbocycles. The topological polar surface area (TPSA) is 110 Å². The number of phenolic OH excluding ortho intramolecular Hbond substituents is 2. The summed E-state index contributed by atoms with van der Waals surface area (Å²) in [7, 11) is 0. The monoisotopic (exact) mass is 278 g/mol. The average molecular weight is 278 g/mol. The van der Waals surface area contributed by atoms with E-state index >= 15 is 0 Å². The Bertz CT molecular complexity index is 600. The molecule has 6 nitrogen and oxygen atoms in total. The van der Waals surface area contributed by atoms with Crippen LogP contribution < -0.4 is 5.32 Å². The van der Waals surface area contributed by atoms with Gasteiger partial charge in [-0.05, 0) is 17.7 Å². The molecule has 0 aromatic heterocycles. The van der Waals surface area contributed by atoms with Crippen molar-refractivity contribution in [3.8, 4) is 11.5 Å². The van der Waals surface area contributed by atoms with Crippen LogP contribution in [-0.4, -0.2) is 39.0 Å². The predicted octanol–water partition coefficient (Wildman–Crippen LogP) is 1.22. The summed E-state index contributed by atoms with van der Waals surface area (Å²) in [5, 5.41) is 37.9. The van der Waals surface area contributed by atoms with Gasteiger partial charge in [-0.2, -0.15) is 0 Å². The van der Waals surface area contributed by atoms with E-state index in [0.29, 0.717) is 0 Å². The molecule has 1 rings (SSSR count).